The molecule has 0 aliphatic carbocycles. The minimum absolute atomic E-state index is 0.456. The Morgan fingerprint density at radius 3 is 2.23 bits per heavy atom. The van der Waals surface area contributed by atoms with Gasteiger partial charge in [-0.05, 0) is 41.5 Å². The maximum atomic E-state index is 6.21. The van der Waals surface area contributed by atoms with E-state index in [2.05, 4.69) is 17.4 Å². The largest absolute Gasteiger partial charge is 0.497 e. The molecule has 0 fully saturated rings. The summed E-state index contributed by atoms with van der Waals surface area (Å²) in [4.78, 5) is 5.03. The predicted molar refractivity (Wildman–Crippen MR) is 138 cm³/mol. The lowest BCUT2D eigenvalue weighted by molar-refractivity contribution is 0.308. The molecule has 0 aliphatic rings. The number of rotatable bonds is 9. The minimum Gasteiger partial charge on any atom is -0.497 e. The van der Waals surface area contributed by atoms with E-state index in [1.54, 1.807) is 14.2 Å². The van der Waals surface area contributed by atoms with E-state index >= 15 is 0 Å². The van der Waals surface area contributed by atoms with Crippen molar-refractivity contribution in [1.82, 2.24) is 9.38 Å². The number of anilines is 1. The number of hydrogen-bond acceptors (Lipinski definition) is 5. The van der Waals surface area contributed by atoms with Crippen LogP contribution in [0.15, 0.2) is 97.2 Å². The van der Waals surface area contributed by atoms with Crippen LogP contribution in [0.25, 0.3) is 16.9 Å². The third-order valence-electron chi connectivity index (χ3n) is 5.82. The number of pyridine rings is 1. The van der Waals surface area contributed by atoms with Gasteiger partial charge in [0.1, 0.15) is 29.6 Å². The molecule has 5 rings (SSSR count). The van der Waals surface area contributed by atoms with Crippen molar-refractivity contribution in [2.75, 3.05) is 19.5 Å². The fraction of sp³-hybridized carbons (Fsp3) is 0.138. The van der Waals surface area contributed by atoms with E-state index in [0.29, 0.717) is 24.7 Å². The van der Waals surface area contributed by atoms with Crippen LogP contribution in [-0.4, -0.2) is 23.6 Å². The van der Waals surface area contributed by atoms with Crippen LogP contribution in [0.3, 0.4) is 0 Å². The second-order valence-electron chi connectivity index (χ2n) is 8.05. The number of methoxy groups -OCH3 is 2. The van der Waals surface area contributed by atoms with Gasteiger partial charge in [-0.3, -0.25) is 4.40 Å². The summed E-state index contributed by atoms with van der Waals surface area (Å²) in [5.41, 5.74) is 4.58. The number of ether oxygens (including phenoxy) is 3. The number of benzene rings is 3. The molecular formula is C29H27N3O3. The number of nitrogens with zero attached hydrogens (tertiary/aromatic N) is 2. The van der Waals surface area contributed by atoms with Crippen LogP contribution in [0.5, 0.6) is 17.2 Å². The highest BCUT2D eigenvalue weighted by atomic mass is 16.5. The van der Waals surface area contributed by atoms with Crippen molar-refractivity contribution in [2.45, 2.75) is 13.2 Å². The van der Waals surface area contributed by atoms with Gasteiger partial charge < -0.3 is 19.5 Å². The molecule has 2 heterocycles. The van der Waals surface area contributed by atoms with Crippen molar-refractivity contribution in [3.8, 4) is 28.5 Å². The topological polar surface area (TPSA) is 57.0 Å². The highest BCUT2D eigenvalue weighted by molar-refractivity contribution is 5.82. The van der Waals surface area contributed by atoms with Crippen LogP contribution in [-0.2, 0) is 13.2 Å². The van der Waals surface area contributed by atoms with E-state index in [-0.39, 0.29) is 0 Å². The summed E-state index contributed by atoms with van der Waals surface area (Å²) >= 11 is 0. The zero-order valence-electron chi connectivity index (χ0n) is 19.8. The summed E-state index contributed by atoms with van der Waals surface area (Å²) < 4.78 is 19.4. The number of nitrogens with one attached hydrogen (secondary N) is 1. The van der Waals surface area contributed by atoms with Crippen LogP contribution >= 0.6 is 0 Å². The summed E-state index contributed by atoms with van der Waals surface area (Å²) in [7, 11) is 3.31. The molecule has 5 aromatic rings. The highest BCUT2D eigenvalue weighted by Crippen LogP contribution is 2.39. The Bertz CT molecular complexity index is 1420. The van der Waals surface area contributed by atoms with E-state index in [9.17, 15) is 0 Å². The van der Waals surface area contributed by atoms with Crippen molar-refractivity contribution in [3.63, 3.8) is 0 Å². The van der Waals surface area contributed by atoms with Crippen LogP contribution < -0.4 is 19.5 Å². The summed E-state index contributed by atoms with van der Waals surface area (Å²) in [6, 6.07) is 30.0. The lowest BCUT2D eigenvalue weighted by Gasteiger charge is -2.12. The second-order valence-corrected chi connectivity index (χ2v) is 8.05. The van der Waals surface area contributed by atoms with Gasteiger partial charge in [0.05, 0.1) is 14.2 Å². The zero-order chi connectivity index (χ0) is 24.0. The molecule has 2 aromatic heterocycles. The molecule has 0 saturated carbocycles. The van der Waals surface area contributed by atoms with Gasteiger partial charge in [-0.15, -0.1) is 0 Å². The molecule has 1 N–H and O–H groups in total. The smallest absolute Gasteiger partial charge is 0.181 e. The molecule has 6 nitrogen and oxygen atoms in total. The van der Waals surface area contributed by atoms with Crippen LogP contribution in [0.1, 0.15) is 11.1 Å². The summed E-state index contributed by atoms with van der Waals surface area (Å²) in [6.07, 6.45) is 1.99. The van der Waals surface area contributed by atoms with Crippen molar-refractivity contribution >= 4 is 11.5 Å². The Morgan fingerprint density at radius 1 is 0.771 bits per heavy atom. The first-order valence-corrected chi connectivity index (χ1v) is 11.4. The highest BCUT2D eigenvalue weighted by Gasteiger charge is 2.20. The molecule has 0 spiro atoms. The third kappa shape index (κ3) is 4.77. The Morgan fingerprint density at radius 2 is 1.51 bits per heavy atom. The maximum Gasteiger partial charge on any atom is 0.181 e. The van der Waals surface area contributed by atoms with Gasteiger partial charge in [-0.1, -0.05) is 60.7 Å². The summed E-state index contributed by atoms with van der Waals surface area (Å²) in [5, 5.41) is 3.59. The van der Waals surface area contributed by atoms with E-state index in [0.717, 1.165) is 34.0 Å². The molecule has 0 aliphatic heterocycles. The Labute approximate surface area is 204 Å². The van der Waals surface area contributed by atoms with E-state index in [1.165, 1.54) is 5.56 Å². The van der Waals surface area contributed by atoms with E-state index in [4.69, 9.17) is 19.2 Å². The van der Waals surface area contributed by atoms with Crippen molar-refractivity contribution in [1.29, 1.82) is 0 Å². The quantitative estimate of drug-likeness (QED) is 0.280. The van der Waals surface area contributed by atoms with Gasteiger partial charge >= 0.3 is 0 Å². The minimum atomic E-state index is 0.456. The first kappa shape index (κ1) is 22.3. The fourth-order valence-electron chi connectivity index (χ4n) is 4.03. The van der Waals surface area contributed by atoms with Gasteiger partial charge in [0.25, 0.3) is 0 Å². The molecule has 0 atom stereocenters. The van der Waals surface area contributed by atoms with Crippen molar-refractivity contribution < 1.29 is 14.2 Å². The molecule has 0 amide bonds. The number of imidazole rings is 1. The normalized spacial score (nSPS) is 10.8. The summed E-state index contributed by atoms with van der Waals surface area (Å²) in [6.45, 7) is 1.10. The number of fused-ring (bicyclic) bond motifs is 1. The van der Waals surface area contributed by atoms with Crippen LogP contribution in [0.4, 0.5) is 5.82 Å². The zero-order valence-corrected chi connectivity index (χ0v) is 19.8. The second kappa shape index (κ2) is 10.2. The fourth-order valence-corrected chi connectivity index (χ4v) is 4.03. The molecule has 0 unspecified atom stereocenters. The molecule has 6 heteroatoms. The van der Waals surface area contributed by atoms with Gasteiger partial charge in [0, 0.05) is 18.3 Å². The SMILES string of the molecule is COc1ccc(OC)c(-c2nc3c(OCc4ccccc4)cccn3c2NCc2ccccc2)c1. The van der Waals surface area contributed by atoms with Gasteiger partial charge in [0.15, 0.2) is 11.4 Å². The van der Waals surface area contributed by atoms with Crippen LogP contribution in [0.2, 0.25) is 0 Å². The number of hydrogen-bond donors (Lipinski definition) is 1. The molecule has 3 aromatic carbocycles. The Balaban J connectivity index is 1.60. The Kier molecular flexibility index (Phi) is 6.52. The first-order valence-electron chi connectivity index (χ1n) is 11.4. The Hall–Kier alpha value is -4.45. The molecule has 0 radical (unpaired) electrons. The third-order valence-corrected chi connectivity index (χ3v) is 5.82. The molecular weight excluding hydrogens is 438 g/mol. The standard InChI is InChI=1S/C29H27N3O3/c1-33-23-15-16-25(34-2)24(18-23)27-29(30-19-21-10-5-3-6-11-21)32-17-9-14-26(28(32)31-27)35-20-22-12-7-4-8-13-22/h3-18,30H,19-20H2,1-2H3. The van der Waals surface area contributed by atoms with Gasteiger partial charge in [-0.2, -0.15) is 0 Å². The average Bonchev–Trinajstić information content (AvgIpc) is 3.30. The molecule has 0 bridgehead atoms. The van der Waals surface area contributed by atoms with Gasteiger partial charge in [0.2, 0.25) is 0 Å². The van der Waals surface area contributed by atoms with E-state index < -0.39 is 0 Å². The number of aromatic nitrogens is 2. The molecule has 0 saturated heterocycles. The summed E-state index contributed by atoms with van der Waals surface area (Å²) in [5.74, 6) is 2.99. The lowest BCUT2D eigenvalue weighted by atomic mass is 10.1. The monoisotopic (exact) mass is 465 g/mol. The first-order chi connectivity index (χ1) is 17.3. The maximum absolute atomic E-state index is 6.21. The average molecular weight is 466 g/mol. The van der Waals surface area contributed by atoms with Crippen LogP contribution in [0, 0.1) is 0 Å². The van der Waals surface area contributed by atoms with Gasteiger partial charge in [-0.25, -0.2) is 4.98 Å². The van der Waals surface area contributed by atoms with Crippen molar-refractivity contribution in [2.24, 2.45) is 0 Å². The molecule has 176 valence electrons. The molecule has 35 heavy (non-hydrogen) atoms. The predicted octanol–water partition coefficient (Wildman–Crippen LogP) is 6.21. The lowest BCUT2D eigenvalue weighted by Crippen LogP contribution is -2.04. The van der Waals surface area contributed by atoms with Crippen molar-refractivity contribution in [3.05, 3.63) is 108 Å². The van der Waals surface area contributed by atoms with E-state index in [1.807, 2.05) is 89.5 Å².